The van der Waals surface area contributed by atoms with Gasteiger partial charge in [0.05, 0.1) is 12.6 Å². The van der Waals surface area contributed by atoms with Gasteiger partial charge < -0.3 is 15.4 Å². The molecule has 2 N–H and O–H groups in total. The van der Waals surface area contributed by atoms with Gasteiger partial charge in [-0.25, -0.2) is 0 Å². The Morgan fingerprint density at radius 1 is 1.56 bits per heavy atom. The van der Waals surface area contributed by atoms with Gasteiger partial charge in [0.25, 0.3) is 0 Å². The molecule has 1 amide bonds. The van der Waals surface area contributed by atoms with Crippen molar-refractivity contribution in [2.45, 2.75) is 13.0 Å². The number of nitrogens with two attached hydrogens (primary N) is 1. The summed E-state index contributed by atoms with van der Waals surface area (Å²) in [6.45, 7) is 2.57. The maximum atomic E-state index is 11.5. The first-order chi connectivity index (χ1) is 8.00. The number of amides is 1. The van der Waals surface area contributed by atoms with Crippen molar-refractivity contribution in [2.24, 2.45) is 5.73 Å². The third kappa shape index (κ3) is 5.58. The van der Waals surface area contributed by atoms with E-state index in [1.807, 2.05) is 12.1 Å². The second kappa shape index (κ2) is 8.19. The van der Waals surface area contributed by atoms with Gasteiger partial charge in [-0.05, 0) is 25.1 Å². The Kier molecular flexibility index (Phi) is 7.75. The van der Waals surface area contributed by atoms with Gasteiger partial charge in [-0.2, -0.15) is 0 Å². The molecule has 0 unspecified atom stereocenters. The second-order valence-corrected chi connectivity index (χ2v) is 4.29. The fourth-order valence-electron chi connectivity index (χ4n) is 1.32. The molecular formula is C12H18Cl2N2O2. The molecule has 0 heterocycles. The summed E-state index contributed by atoms with van der Waals surface area (Å²) in [5, 5.41) is 0.627. The number of benzene rings is 1. The maximum absolute atomic E-state index is 11.5. The van der Waals surface area contributed by atoms with Crippen LogP contribution in [0.25, 0.3) is 0 Å². The predicted molar refractivity (Wildman–Crippen MR) is 75.5 cm³/mol. The Morgan fingerprint density at radius 3 is 2.78 bits per heavy atom. The molecule has 0 aliphatic heterocycles. The highest BCUT2D eigenvalue weighted by Gasteiger charge is 2.12. The Morgan fingerprint density at radius 2 is 2.22 bits per heavy atom. The summed E-state index contributed by atoms with van der Waals surface area (Å²) in [5.74, 6) is 0.596. The van der Waals surface area contributed by atoms with Crippen LogP contribution < -0.4 is 10.5 Å². The van der Waals surface area contributed by atoms with Gasteiger partial charge >= 0.3 is 0 Å². The molecule has 0 radical (unpaired) electrons. The molecule has 1 aromatic rings. The highest BCUT2D eigenvalue weighted by atomic mass is 35.5. The minimum absolute atomic E-state index is 0. The molecule has 0 spiro atoms. The van der Waals surface area contributed by atoms with Crippen molar-refractivity contribution in [1.82, 2.24) is 4.90 Å². The minimum atomic E-state index is -0.480. The van der Waals surface area contributed by atoms with Crippen LogP contribution in [-0.4, -0.2) is 37.0 Å². The summed E-state index contributed by atoms with van der Waals surface area (Å²) in [7, 11) is 1.70. The average molecular weight is 293 g/mol. The van der Waals surface area contributed by atoms with Gasteiger partial charge in [-0.3, -0.25) is 4.79 Å². The topological polar surface area (TPSA) is 55.6 Å². The number of likely N-dealkylation sites (N-methyl/N-ethyl adjacent to an activating group) is 1. The van der Waals surface area contributed by atoms with Crippen LogP contribution >= 0.6 is 24.0 Å². The fourth-order valence-corrected chi connectivity index (χ4v) is 1.50. The van der Waals surface area contributed by atoms with Gasteiger partial charge in [0.15, 0.2) is 0 Å². The number of carbonyl (C=O) groups excluding carboxylic acids is 1. The zero-order chi connectivity index (χ0) is 12.8. The van der Waals surface area contributed by atoms with E-state index in [9.17, 15) is 4.79 Å². The molecule has 1 aromatic carbocycles. The van der Waals surface area contributed by atoms with E-state index in [0.29, 0.717) is 23.9 Å². The van der Waals surface area contributed by atoms with Crippen LogP contribution in [0.3, 0.4) is 0 Å². The average Bonchev–Trinajstić information content (AvgIpc) is 2.27. The van der Waals surface area contributed by atoms with E-state index in [1.165, 1.54) is 0 Å². The van der Waals surface area contributed by atoms with Gasteiger partial charge in [0.1, 0.15) is 12.4 Å². The summed E-state index contributed by atoms with van der Waals surface area (Å²) in [6.07, 6.45) is 0. The summed E-state index contributed by atoms with van der Waals surface area (Å²) in [5.41, 5.74) is 5.49. The normalized spacial score (nSPS) is 11.3. The molecule has 102 valence electrons. The monoisotopic (exact) mass is 292 g/mol. The lowest BCUT2D eigenvalue weighted by atomic mass is 10.3. The van der Waals surface area contributed by atoms with Crippen molar-refractivity contribution in [3.05, 3.63) is 29.3 Å². The Labute approximate surface area is 118 Å². The number of carbonyl (C=O) groups is 1. The Balaban J connectivity index is 0.00000289. The lowest BCUT2D eigenvalue weighted by molar-refractivity contribution is -0.131. The molecule has 0 bridgehead atoms. The molecule has 18 heavy (non-hydrogen) atoms. The van der Waals surface area contributed by atoms with E-state index in [1.54, 1.807) is 31.0 Å². The van der Waals surface area contributed by atoms with Crippen molar-refractivity contribution in [3.8, 4) is 5.75 Å². The van der Waals surface area contributed by atoms with Crippen LogP contribution in [0.2, 0.25) is 5.02 Å². The maximum Gasteiger partial charge on any atom is 0.239 e. The molecule has 1 rings (SSSR count). The third-order valence-corrected chi connectivity index (χ3v) is 2.49. The van der Waals surface area contributed by atoms with Crippen LogP contribution in [0.1, 0.15) is 6.92 Å². The van der Waals surface area contributed by atoms with Gasteiger partial charge in [-0.1, -0.05) is 17.7 Å². The number of hydrogen-bond donors (Lipinski definition) is 1. The van der Waals surface area contributed by atoms with E-state index >= 15 is 0 Å². The largest absolute Gasteiger partial charge is 0.492 e. The van der Waals surface area contributed by atoms with Crippen LogP contribution in [-0.2, 0) is 4.79 Å². The number of hydrogen-bond acceptors (Lipinski definition) is 3. The summed E-state index contributed by atoms with van der Waals surface area (Å²) in [4.78, 5) is 13.0. The zero-order valence-corrected chi connectivity index (χ0v) is 12.0. The van der Waals surface area contributed by atoms with E-state index in [2.05, 4.69) is 0 Å². The van der Waals surface area contributed by atoms with Crippen LogP contribution in [0.5, 0.6) is 5.75 Å². The summed E-state index contributed by atoms with van der Waals surface area (Å²) >= 11 is 5.82. The fraction of sp³-hybridized carbons (Fsp3) is 0.417. The molecular weight excluding hydrogens is 275 g/mol. The summed E-state index contributed by atoms with van der Waals surface area (Å²) < 4.78 is 5.47. The second-order valence-electron chi connectivity index (χ2n) is 3.85. The quantitative estimate of drug-likeness (QED) is 0.902. The Bertz CT molecular complexity index is 386. The predicted octanol–water partition coefficient (Wildman–Crippen LogP) is 1.95. The van der Waals surface area contributed by atoms with Crippen molar-refractivity contribution in [1.29, 1.82) is 0 Å². The highest BCUT2D eigenvalue weighted by Crippen LogP contribution is 2.16. The SMILES string of the molecule is C[C@@H](N)C(=O)N(C)CCOc1cccc(Cl)c1.Cl. The molecule has 0 saturated carbocycles. The van der Waals surface area contributed by atoms with Crippen LogP contribution in [0, 0.1) is 0 Å². The van der Waals surface area contributed by atoms with Crippen molar-refractivity contribution >= 4 is 29.9 Å². The summed E-state index contributed by atoms with van der Waals surface area (Å²) in [6, 6.07) is 6.66. The first kappa shape index (κ1) is 17.0. The molecule has 4 nitrogen and oxygen atoms in total. The number of ether oxygens (including phenoxy) is 1. The van der Waals surface area contributed by atoms with E-state index < -0.39 is 6.04 Å². The highest BCUT2D eigenvalue weighted by molar-refractivity contribution is 6.30. The Hall–Kier alpha value is -0.970. The standard InChI is InChI=1S/C12H17ClN2O2.ClH/c1-9(14)12(16)15(2)6-7-17-11-5-3-4-10(13)8-11;/h3-5,8-9H,6-7,14H2,1-2H3;1H/t9-;/m1./s1. The van der Waals surface area contributed by atoms with Gasteiger partial charge in [0.2, 0.25) is 5.91 Å². The molecule has 1 atom stereocenters. The smallest absolute Gasteiger partial charge is 0.239 e. The molecule has 0 fully saturated rings. The van der Waals surface area contributed by atoms with E-state index in [4.69, 9.17) is 22.1 Å². The van der Waals surface area contributed by atoms with Crippen LogP contribution in [0.15, 0.2) is 24.3 Å². The van der Waals surface area contributed by atoms with E-state index in [0.717, 1.165) is 0 Å². The van der Waals surface area contributed by atoms with Gasteiger partial charge in [0, 0.05) is 12.1 Å². The van der Waals surface area contributed by atoms with Crippen molar-refractivity contribution < 1.29 is 9.53 Å². The van der Waals surface area contributed by atoms with Gasteiger partial charge in [-0.15, -0.1) is 12.4 Å². The van der Waals surface area contributed by atoms with E-state index in [-0.39, 0.29) is 18.3 Å². The van der Waals surface area contributed by atoms with Crippen molar-refractivity contribution in [2.75, 3.05) is 20.2 Å². The zero-order valence-electron chi connectivity index (χ0n) is 10.4. The third-order valence-electron chi connectivity index (χ3n) is 2.26. The molecule has 0 aliphatic rings. The molecule has 6 heteroatoms. The molecule has 0 saturated heterocycles. The number of halogens is 2. The lowest BCUT2D eigenvalue weighted by Crippen LogP contribution is -2.41. The first-order valence-corrected chi connectivity index (χ1v) is 5.77. The molecule has 0 aromatic heterocycles. The van der Waals surface area contributed by atoms with Crippen molar-refractivity contribution in [3.63, 3.8) is 0 Å². The number of nitrogens with zero attached hydrogens (tertiary/aromatic N) is 1. The minimum Gasteiger partial charge on any atom is -0.492 e. The van der Waals surface area contributed by atoms with Crippen LogP contribution in [0.4, 0.5) is 0 Å². The lowest BCUT2D eigenvalue weighted by Gasteiger charge is -2.19. The number of rotatable bonds is 5. The molecule has 0 aliphatic carbocycles. The first-order valence-electron chi connectivity index (χ1n) is 5.39.